The molecule has 0 radical (unpaired) electrons. The quantitative estimate of drug-likeness (QED) is 0.395. The Hall–Kier alpha value is -2.56. The minimum absolute atomic E-state index is 0.309. The van der Waals surface area contributed by atoms with Gasteiger partial charge in [0.15, 0.2) is 0 Å². The summed E-state index contributed by atoms with van der Waals surface area (Å²) in [6, 6.07) is 10.8. The van der Waals surface area contributed by atoms with Crippen molar-refractivity contribution in [3.63, 3.8) is 0 Å². The predicted octanol–water partition coefficient (Wildman–Crippen LogP) is 2.24. The third-order valence-corrected chi connectivity index (χ3v) is 3.12. The van der Waals surface area contributed by atoms with E-state index in [2.05, 4.69) is 5.10 Å². The molecule has 0 spiro atoms. The highest BCUT2D eigenvalue weighted by Crippen LogP contribution is 2.33. The van der Waals surface area contributed by atoms with Gasteiger partial charge in [0, 0.05) is 12.0 Å². The number of nitrogens with two attached hydrogens (primary N) is 1. The average Bonchev–Trinajstić information content (AvgIpc) is 3.06. The molecule has 1 aliphatic heterocycles. The number of furan rings is 1. The summed E-state index contributed by atoms with van der Waals surface area (Å²) in [5.41, 5.74) is 2.03. The molecule has 3 rings (SSSR count). The maximum Gasteiger partial charge on any atom is 0.339 e. The molecule has 5 heteroatoms. The fraction of sp³-hybridized carbons (Fsp3) is 0.143. The van der Waals surface area contributed by atoms with E-state index < -0.39 is 0 Å². The monoisotopic (exact) mass is 256 g/mol. The minimum atomic E-state index is -0.365. The topological polar surface area (TPSA) is 77.8 Å². The van der Waals surface area contributed by atoms with E-state index in [0.717, 1.165) is 5.56 Å². The second-order valence-corrected chi connectivity index (χ2v) is 4.24. The van der Waals surface area contributed by atoms with Gasteiger partial charge in [0.2, 0.25) is 0 Å². The number of ether oxygens (including phenoxy) is 1. The van der Waals surface area contributed by atoms with Crippen molar-refractivity contribution in [2.45, 2.75) is 12.5 Å². The Morgan fingerprint density at radius 3 is 2.84 bits per heavy atom. The highest BCUT2D eigenvalue weighted by Gasteiger charge is 2.32. The van der Waals surface area contributed by atoms with Gasteiger partial charge in [-0.15, -0.1) is 0 Å². The summed E-state index contributed by atoms with van der Waals surface area (Å²) >= 11 is 0. The maximum atomic E-state index is 11.7. The van der Waals surface area contributed by atoms with Crippen molar-refractivity contribution < 1.29 is 13.9 Å². The number of benzene rings is 1. The summed E-state index contributed by atoms with van der Waals surface area (Å²) < 4.78 is 10.6. The zero-order valence-corrected chi connectivity index (χ0v) is 10.1. The molecule has 0 bridgehead atoms. The number of nitrogens with zero attached hydrogens (tertiary/aromatic N) is 1. The van der Waals surface area contributed by atoms with Crippen LogP contribution in [0.5, 0.6) is 0 Å². The van der Waals surface area contributed by atoms with Crippen LogP contribution in [0, 0.1) is 0 Å². The molecule has 2 heterocycles. The van der Waals surface area contributed by atoms with E-state index in [1.807, 2.05) is 18.2 Å². The van der Waals surface area contributed by atoms with E-state index in [0.29, 0.717) is 23.5 Å². The number of hydrazone groups is 1. The Kier molecular flexibility index (Phi) is 2.79. The van der Waals surface area contributed by atoms with Crippen LogP contribution < -0.4 is 5.84 Å². The molecule has 2 aromatic rings. The molecule has 0 amide bonds. The van der Waals surface area contributed by atoms with Crippen LogP contribution in [0.25, 0.3) is 0 Å². The molecular formula is C14H12N2O3. The summed E-state index contributed by atoms with van der Waals surface area (Å²) in [5.74, 6) is 5.66. The van der Waals surface area contributed by atoms with Crippen LogP contribution in [-0.4, -0.2) is 11.7 Å². The average molecular weight is 256 g/mol. The molecule has 1 aromatic carbocycles. The Morgan fingerprint density at radius 2 is 2.11 bits per heavy atom. The highest BCUT2D eigenvalue weighted by molar-refractivity contribution is 6.00. The van der Waals surface area contributed by atoms with Gasteiger partial charge >= 0.3 is 5.97 Å². The number of rotatable bonds is 3. The number of carbonyl (C=O) groups is 1. The van der Waals surface area contributed by atoms with Gasteiger partial charge in [0.1, 0.15) is 17.6 Å². The minimum Gasteiger partial charge on any atom is -0.463 e. The number of cyclic esters (lactones) is 1. The molecule has 0 fully saturated rings. The van der Waals surface area contributed by atoms with Gasteiger partial charge < -0.3 is 15.0 Å². The molecule has 1 aliphatic rings. The van der Waals surface area contributed by atoms with E-state index in [1.54, 1.807) is 24.5 Å². The van der Waals surface area contributed by atoms with Crippen molar-refractivity contribution in [2.75, 3.05) is 0 Å². The Morgan fingerprint density at radius 1 is 1.26 bits per heavy atom. The third-order valence-electron chi connectivity index (χ3n) is 3.12. The van der Waals surface area contributed by atoms with Gasteiger partial charge in [-0.3, -0.25) is 0 Å². The Bertz CT molecular complexity index is 632. The van der Waals surface area contributed by atoms with Gasteiger partial charge in [-0.05, 0) is 18.2 Å². The number of esters is 1. The van der Waals surface area contributed by atoms with E-state index in [9.17, 15) is 4.79 Å². The predicted molar refractivity (Wildman–Crippen MR) is 68.6 cm³/mol. The molecule has 0 aliphatic carbocycles. The second kappa shape index (κ2) is 4.61. The second-order valence-electron chi connectivity index (χ2n) is 4.24. The molecule has 1 atom stereocenters. The van der Waals surface area contributed by atoms with Crippen molar-refractivity contribution in [1.29, 1.82) is 0 Å². The zero-order valence-electron chi connectivity index (χ0n) is 10.1. The smallest absolute Gasteiger partial charge is 0.339 e. The van der Waals surface area contributed by atoms with Crippen LogP contribution in [0.1, 0.15) is 34.2 Å². The highest BCUT2D eigenvalue weighted by atomic mass is 16.5. The standard InChI is InChI=1S/C14H12N2O3/c15-16-11(12-6-3-7-18-12)8-13-9-4-1-2-5-10(9)14(17)19-13/h1-7,13H,8,15H2/b16-11+. The van der Waals surface area contributed by atoms with E-state index >= 15 is 0 Å². The first-order valence-corrected chi connectivity index (χ1v) is 5.90. The van der Waals surface area contributed by atoms with Gasteiger partial charge in [0.25, 0.3) is 0 Å². The number of hydrogen-bond acceptors (Lipinski definition) is 5. The lowest BCUT2D eigenvalue weighted by Gasteiger charge is -2.10. The maximum absolute atomic E-state index is 11.7. The molecule has 5 nitrogen and oxygen atoms in total. The number of fused-ring (bicyclic) bond motifs is 1. The molecule has 1 aromatic heterocycles. The first kappa shape index (κ1) is 11.5. The van der Waals surface area contributed by atoms with Gasteiger partial charge in [-0.2, -0.15) is 5.10 Å². The Balaban J connectivity index is 1.88. The summed E-state index contributed by atoms with van der Waals surface area (Å²) in [7, 11) is 0. The fourth-order valence-electron chi connectivity index (χ4n) is 2.21. The van der Waals surface area contributed by atoms with Crippen LogP contribution in [0.2, 0.25) is 0 Å². The van der Waals surface area contributed by atoms with Gasteiger partial charge in [-0.25, -0.2) is 4.79 Å². The lowest BCUT2D eigenvalue weighted by Crippen LogP contribution is -2.10. The Labute approximate surface area is 109 Å². The molecule has 0 saturated carbocycles. The lowest BCUT2D eigenvalue weighted by atomic mass is 10.0. The summed E-state index contributed by atoms with van der Waals surface area (Å²) in [6.45, 7) is 0. The molecular weight excluding hydrogens is 244 g/mol. The fourth-order valence-corrected chi connectivity index (χ4v) is 2.21. The molecule has 96 valence electrons. The molecule has 2 N–H and O–H groups in total. The van der Waals surface area contributed by atoms with E-state index in [1.165, 1.54) is 0 Å². The zero-order chi connectivity index (χ0) is 13.2. The van der Waals surface area contributed by atoms with Crippen LogP contribution in [-0.2, 0) is 4.74 Å². The number of hydrogen-bond donors (Lipinski definition) is 1. The van der Waals surface area contributed by atoms with Crippen LogP contribution in [0.4, 0.5) is 0 Å². The van der Waals surface area contributed by atoms with Gasteiger partial charge in [0.05, 0.1) is 11.8 Å². The normalized spacial score (nSPS) is 18.2. The van der Waals surface area contributed by atoms with Crippen LogP contribution in [0.15, 0.2) is 52.2 Å². The van der Waals surface area contributed by atoms with Gasteiger partial charge in [-0.1, -0.05) is 18.2 Å². The first-order chi connectivity index (χ1) is 9.29. The van der Waals surface area contributed by atoms with Crippen molar-refractivity contribution in [2.24, 2.45) is 10.9 Å². The van der Waals surface area contributed by atoms with Crippen molar-refractivity contribution in [3.05, 3.63) is 59.5 Å². The van der Waals surface area contributed by atoms with E-state index in [-0.39, 0.29) is 12.1 Å². The van der Waals surface area contributed by atoms with Crippen molar-refractivity contribution in [1.82, 2.24) is 0 Å². The lowest BCUT2D eigenvalue weighted by molar-refractivity contribution is 0.0400. The summed E-state index contributed by atoms with van der Waals surface area (Å²) in [6.07, 6.45) is 1.58. The van der Waals surface area contributed by atoms with Crippen molar-refractivity contribution in [3.8, 4) is 0 Å². The number of carbonyl (C=O) groups excluding carboxylic acids is 1. The largest absolute Gasteiger partial charge is 0.463 e. The van der Waals surface area contributed by atoms with Crippen molar-refractivity contribution >= 4 is 11.7 Å². The SMILES string of the molecule is N/N=C(\CC1OC(=O)c2ccccc21)c1ccco1. The van der Waals surface area contributed by atoms with Crippen LogP contribution >= 0.6 is 0 Å². The first-order valence-electron chi connectivity index (χ1n) is 5.90. The summed E-state index contributed by atoms with van der Waals surface area (Å²) in [5, 5.41) is 3.72. The molecule has 19 heavy (non-hydrogen) atoms. The summed E-state index contributed by atoms with van der Waals surface area (Å²) in [4.78, 5) is 11.7. The molecule has 1 unspecified atom stereocenters. The third kappa shape index (κ3) is 1.99. The van der Waals surface area contributed by atoms with E-state index in [4.69, 9.17) is 15.0 Å². The molecule has 0 saturated heterocycles. The van der Waals surface area contributed by atoms with Crippen LogP contribution in [0.3, 0.4) is 0 Å².